The molecule has 1 N–H and O–H groups in total. The van der Waals surface area contributed by atoms with E-state index in [0.29, 0.717) is 5.69 Å². The number of nitrogens with zero attached hydrogens (tertiary/aromatic N) is 3. The number of aliphatic carboxylic acids is 1. The van der Waals surface area contributed by atoms with Gasteiger partial charge in [-0.15, -0.1) is 11.3 Å². The molecule has 6 nitrogen and oxygen atoms in total. The van der Waals surface area contributed by atoms with E-state index in [0.717, 1.165) is 10.7 Å². The molecule has 1 amide bonds. The van der Waals surface area contributed by atoms with Gasteiger partial charge in [0.25, 0.3) is 0 Å². The van der Waals surface area contributed by atoms with Crippen molar-refractivity contribution in [2.24, 2.45) is 0 Å². The van der Waals surface area contributed by atoms with Crippen LogP contribution in [0.15, 0.2) is 29.8 Å². The average Bonchev–Trinajstić information content (AvgIpc) is 2.93. The first kappa shape index (κ1) is 16.1. The third kappa shape index (κ3) is 4.11. The van der Waals surface area contributed by atoms with Crippen LogP contribution in [0.2, 0.25) is 0 Å². The van der Waals surface area contributed by atoms with Crippen molar-refractivity contribution in [3.8, 4) is 10.7 Å². The van der Waals surface area contributed by atoms with Crippen molar-refractivity contribution in [2.75, 3.05) is 6.54 Å². The van der Waals surface area contributed by atoms with E-state index in [1.54, 1.807) is 25.4 Å². The molecule has 0 saturated heterocycles. The number of carboxylic acid groups (broad SMARTS) is 1. The molecule has 0 saturated carbocycles. The molecule has 0 aliphatic rings. The fraction of sp³-hybridized carbons (Fsp3) is 0.333. The van der Waals surface area contributed by atoms with Crippen LogP contribution < -0.4 is 0 Å². The molecular formula is C15H17N3O3S. The van der Waals surface area contributed by atoms with Crippen molar-refractivity contribution in [1.82, 2.24) is 14.9 Å². The number of hydrogen-bond donors (Lipinski definition) is 1. The smallest absolute Gasteiger partial charge is 0.323 e. The second-order valence-electron chi connectivity index (χ2n) is 5.04. The summed E-state index contributed by atoms with van der Waals surface area (Å²) in [5.74, 6) is -1.26. The SMILES string of the molecule is CC(C)N(CC(=O)O)C(=O)Cc1csc(-c2ccccn2)n1. The quantitative estimate of drug-likeness (QED) is 0.881. The fourth-order valence-corrected chi connectivity index (χ4v) is 2.75. The summed E-state index contributed by atoms with van der Waals surface area (Å²) in [6.45, 7) is 3.29. The number of hydrogen-bond acceptors (Lipinski definition) is 5. The lowest BCUT2D eigenvalue weighted by Crippen LogP contribution is -2.41. The molecule has 0 fully saturated rings. The van der Waals surface area contributed by atoms with Crippen LogP contribution in [0.25, 0.3) is 10.7 Å². The first-order valence-corrected chi connectivity index (χ1v) is 7.72. The number of rotatable bonds is 6. The second kappa shape index (κ2) is 7.13. The molecule has 0 unspecified atom stereocenters. The molecule has 0 aliphatic heterocycles. The van der Waals surface area contributed by atoms with Gasteiger partial charge in [-0.2, -0.15) is 0 Å². The first-order valence-electron chi connectivity index (χ1n) is 6.84. The van der Waals surface area contributed by atoms with E-state index in [2.05, 4.69) is 9.97 Å². The van der Waals surface area contributed by atoms with Gasteiger partial charge in [0.05, 0.1) is 17.8 Å². The molecule has 0 radical (unpaired) electrons. The maximum absolute atomic E-state index is 12.2. The van der Waals surface area contributed by atoms with Gasteiger partial charge in [0.1, 0.15) is 11.6 Å². The van der Waals surface area contributed by atoms with Gasteiger partial charge in [-0.3, -0.25) is 14.6 Å². The Bertz CT molecular complexity index is 655. The van der Waals surface area contributed by atoms with E-state index in [9.17, 15) is 9.59 Å². The third-order valence-corrected chi connectivity index (χ3v) is 3.93. The van der Waals surface area contributed by atoms with E-state index >= 15 is 0 Å². The third-order valence-electron chi connectivity index (χ3n) is 3.02. The topological polar surface area (TPSA) is 83.4 Å². The molecular weight excluding hydrogens is 302 g/mol. The van der Waals surface area contributed by atoms with Gasteiger partial charge < -0.3 is 10.0 Å². The van der Waals surface area contributed by atoms with E-state index in [-0.39, 0.29) is 24.9 Å². The highest BCUT2D eigenvalue weighted by atomic mass is 32.1. The standard InChI is InChI=1S/C15H17N3O3S/c1-10(2)18(8-14(20)21)13(19)7-11-9-22-15(17-11)12-5-3-4-6-16-12/h3-6,9-10H,7-8H2,1-2H3,(H,20,21). The number of amides is 1. The molecule has 0 aromatic carbocycles. The monoisotopic (exact) mass is 319 g/mol. The highest BCUT2D eigenvalue weighted by Gasteiger charge is 2.21. The van der Waals surface area contributed by atoms with Crippen molar-refractivity contribution >= 4 is 23.2 Å². The summed E-state index contributed by atoms with van der Waals surface area (Å²) in [6, 6.07) is 5.39. The lowest BCUT2D eigenvalue weighted by molar-refractivity contribution is -0.145. The van der Waals surface area contributed by atoms with Crippen molar-refractivity contribution < 1.29 is 14.7 Å². The van der Waals surface area contributed by atoms with Crippen LogP contribution in [-0.4, -0.2) is 44.4 Å². The van der Waals surface area contributed by atoms with Gasteiger partial charge in [-0.05, 0) is 26.0 Å². The summed E-state index contributed by atoms with van der Waals surface area (Å²) in [6.07, 6.45) is 1.78. The Balaban J connectivity index is 2.09. The Morgan fingerprint density at radius 2 is 2.14 bits per heavy atom. The van der Waals surface area contributed by atoms with Gasteiger partial charge >= 0.3 is 5.97 Å². The minimum absolute atomic E-state index is 0.0921. The zero-order valence-corrected chi connectivity index (χ0v) is 13.2. The molecule has 2 aromatic rings. The van der Waals surface area contributed by atoms with Crippen molar-refractivity contribution in [2.45, 2.75) is 26.3 Å². The Morgan fingerprint density at radius 1 is 1.36 bits per heavy atom. The van der Waals surface area contributed by atoms with Gasteiger partial charge in [0.2, 0.25) is 5.91 Å². The largest absolute Gasteiger partial charge is 0.480 e. The number of carbonyl (C=O) groups excluding carboxylic acids is 1. The highest BCUT2D eigenvalue weighted by molar-refractivity contribution is 7.13. The van der Waals surface area contributed by atoms with E-state index < -0.39 is 5.97 Å². The Labute approximate surface area is 132 Å². The number of aromatic nitrogens is 2. The van der Waals surface area contributed by atoms with Gasteiger partial charge in [0, 0.05) is 17.6 Å². The zero-order chi connectivity index (χ0) is 16.1. The molecule has 22 heavy (non-hydrogen) atoms. The summed E-state index contributed by atoms with van der Waals surface area (Å²) >= 11 is 1.42. The van der Waals surface area contributed by atoms with Crippen molar-refractivity contribution in [3.63, 3.8) is 0 Å². The lowest BCUT2D eigenvalue weighted by Gasteiger charge is -2.24. The molecule has 2 heterocycles. The predicted octanol–water partition coefficient (Wildman–Crippen LogP) is 2.07. The highest BCUT2D eigenvalue weighted by Crippen LogP contribution is 2.21. The Hall–Kier alpha value is -2.28. The Kier molecular flexibility index (Phi) is 5.21. The molecule has 116 valence electrons. The first-order chi connectivity index (χ1) is 10.5. The van der Waals surface area contributed by atoms with E-state index in [1.807, 2.05) is 18.2 Å². The predicted molar refractivity (Wildman–Crippen MR) is 83.5 cm³/mol. The molecule has 7 heteroatoms. The van der Waals surface area contributed by atoms with Crippen molar-refractivity contribution in [3.05, 3.63) is 35.5 Å². The molecule has 0 atom stereocenters. The van der Waals surface area contributed by atoms with Gasteiger partial charge in [0.15, 0.2) is 0 Å². The summed E-state index contributed by atoms with van der Waals surface area (Å²) in [5, 5.41) is 11.4. The van der Waals surface area contributed by atoms with Crippen LogP contribution in [0, 0.1) is 0 Å². The maximum atomic E-state index is 12.2. The van der Waals surface area contributed by atoms with Gasteiger partial charge in [-0.25, -0.2) is 4.98 Å². The zero-order valence-electron chi connectivity index (χ0n) is 12.4. The van der Waals surface area contributed by atoms with Gasteiger partial charge in [-0.1, -0.05) is 6.07 Å². The summed E-state index contributed by atoms with van der Waals surface area (Å²) in [7, 11) is 0. The average molecular weight is 319 g/mol. The minimum atomic E-state index is -1.02. The second-order valence-corrected chi connectivity index (χ2v) is 5.90. The lowest BCUT2D eigenvalue weighted by atomic mass is 10.2. The van der Waals surface area contributed by atoms with Crippen LogP contribution in [0.3, 0.4) is 0 Å². The minimum Gasteiger partial charge on any atom is -0.480 e. The summed E-state index contributed by atoms with van der Waals surface area (Å²) < 4.78 is 0. The van der Waals surface area contributed by atoms with Crippen LogP contribution >= 0.6 is 11.3 Å². The normalized spacial score (nSPS) is 10.7. The number of thiazole rings is 1. The number of carboxylic acids is 1. The fourth-order valence-electron chi connectivity index (χ4n) is 1.96. The maximum Gasteiger partial charge on any atom is 0.323 e. The molecule has 0 bridgehead atoms. The van der Waals surface area contributed by atoms with Crippen LogP contribution in [-0.2, 0) is 16.0 Å². The van der Waals surface area contributed by atoms with E-state index in [1.165, 1.54) is 16.2 Å². The van der Waals surface area contributed by atoms with Crippen LogP contribution in [0.5, 0.6) is 0 Å². The number of pyridine rings is 1. The molecule has 2 aromatic heterocycles. The Morgan fingerprint density at radius 3 is 2.73 bits per heavy atom. The molecule has 0 aliphatic carbocycles. The molecule has 2 rings (SSSR count). The van der Waals surface area contributed by atoms with Crippen LogP contribution in [0.4, 0.5) is 0 Å². The summed E-state index contributed by atoms with van der Waals surface area (Å²) in [4.78, 5) is 33.0. The van der Waals surface area contributed by atoms with E-state index in [4.69, 9.17) is 5.11 Å². The van der Waals surface area contributed by atoms with Crippen LogP contribution in [0.1, 0.15) is 19.5 Å². The molecule has 0 spiro atoms. The summed E-state index contributed by atoms with van der Waals surface area (Å²) in [5.41, 5.74) is 1.39. The van der Waals surface area contributed by atoms with Crippen molar-refractivity contribution in [1.29, 1.82) is 0 Å². The number of carbonyl (C=O) groups is 2.